The highest BCUT2D eigenvalue weighted by Gasteiger charge is 2.48. The molecular formula is C17H18FNO4. The van der Waals surface area contributed by atoms with Crippen molar-refractivity contribution in [2.45, 2.75) is 18.9 Å². The zero-order chi connectivity index (χ0) is 16.4. The van der Waals surface area contributed by atoms with E-state index in [9.17, 15) is 9.18 Å². The van der Waals surface area contributed by atoms with Crippen molar-refractivity contribution in [1.29, 1.82) is 0 Å². The number of ether oxygens (including phenoxy) is 3. The summed E-state index contributed by atoms with van der Waals surface area (Å²) in [7, 11) is 1.30. The van der Waals surface area contributed by atoms with E-state index >= 15 is 0 Å². The highest BCUT2D eigenvalue weighted by Crippen LogP contribution is 2.29. The average molecular weight is 319 g/mol. The van der Waals surface area contributed by atoms with Crippen molar-refractivity contribution in [3.05, 3.63) is 59.7 Å². The van der Waals surface area contributed by atoms with Crippen LogP contribution in [-0.4, -0.2) is 36.6 Å². The van der Waals surface area contributed by atoms with E-state index in [1.807, 2.05) is 37.3 Å². The molecule has 6 heteroatoms. The van der Waals surface area contributed by atoms with Crippen molar-refractivity contribution >= 4 is 5.78 Å². The third-order valence-corrected chi connectivity index (χ3v) is 3.99. The van der Waals surface area contributed by atoms with Crippen LogP contribution in [0.3, 0.4) is 0 Å². The first kappa shape index (κ1) is 15.9. The number of benzene rings is 1. The van der Waals surface area contributed by atoms with E-state index in [0.29, 0.717) is 0 Å². The Morgan fingerprint density at radius 1 is 1.26 bits per heavy atom. The molecule has 1 atom stereocenters. The largest absolute Gasteiger partial charge is 0.353 e. The number of carbonyl (C=O) groups excluding carboxylic acids is 1. The van der Waals surface area contributed by atoms with E-state index in [2.05, 4.69) is 0 Å². The Bertz CT molecular complexity index is 692. The second-order valence-corrected chi connectivity index (χ2v) is 5.29. The van der Waals surface area contributed by atoms with Gasteiger partial charge in [0.25, 0.3) is 5.78 Å². The van der Waals surface area contributed by atoms with Gasteiger partial charge in [-0.05, 0) is 18.6 Å². The third-order valence-electron chi connectivity index (χ3n) is 3.99. The smallest absolute Gasteiger partial charge is 0.335 e. The number of ketones is 1. The van der Waals surface area contributed by atoms with Gasteiger partial charge >= 0.3 is 5.97 Å². The maximum Gasteiger partial charge on any atom is 0.353 e. The van der Waals surface area contributed by atoms with E-state index in [-0.39, 0.29) is 24.9 Å². The molecule has 0 amide bonds. The van der Waals surface area contributed by atoms with Crippen LogP contribution in [0.2, 0.25) is 0 Å². The number of aromatic nitrogens is 1. The molecule has 23 heavy (non-hydrogen) atoms. The van der Waals surface area contributed by atoms with Crippen molar-refractivity contribution in [2.75, 3.05) is 20.3 Å². The Morgan fingerprint density at radius 2 is 1.91 bits per heavy atom. The first-order chi connectivity index (χ1) is 11.1. The minimum absolute atomic E-state index is 0.120. The summed E-state index contributed by atoms with van der Waals surface area (Å²) in [6.07, 6.45) is 1.54. The zero-order valence-electron chi connectivity index (χ0n) is 13.0. The fourth-order valence-electron chi connectivity index (χ4n) is 2.74. The molecule has 0 unspecified atom stereocenters. The molecule has 1 aliphatic rings. The highest BCUT2D eigenvalue weighted by molar-refractivity contribution is 5.99. The molecule has 2 aromatic rings. The van der Waals surface area contributed by atoms with Crippen LogP contribution in [0, 0.1) is 5.82 Å². The monoisotopic (exact) mass is 319 g/mol. The van der Waals surface area contributed by atoms with Crippen LogP contribution in [0.15, 0.2) is 42.6 Å². The molecule has 0 spiro atoms. The zero-order valence-corrected chi connectivity index (χ0v) is 13.0. The number of carbonyl (C=O) groups is 1. The normalized spacial score (nSPS) is 18.0. The van der Waals surface area contributed by atoms with Gasteiger partial charge < -0.3 is 18.8 Å². The van der Waals surface area contributed by atoms with E-state index in [1.54, 1.807) is 10.8 Å². The van der Waals surface area contributed by atoms with Gasteiger partial charge in [-0.15, -0.1) is 0 Å². The van der Waals surface area contributed by atoms with Crippen LogP contribution in [0.1, 0.15) is 29.0 Å². The van der Waals surface area contributed by atoms with Crippen LogP contribution >= 0.6 is 0 Å². The molecule has 122 valence electrons. The lowest BCUT2D eigenvalue weighted by Crippen LogP contribution is -2.43. The van der Waals surface area contributed by atoms with Gasteiger partial charge in [0.15, 0.2) is 5.82 Å². The molecule has 0 N–H and O–H groups in total. The highest BCUT2D eigenvalue weighted by atomic mass is 19.1. The molecular weight excluding hydrogens is 301 g/mol. The van der Waals surface area contributed by atoms with Crippen molar-refractivity contribution < 1.29 is 23.4 Å². The number of Topliss-reactive ketones (excluding diaryl/α,β-unsaturated/α-hetero) is 1. The Balaban J connectivity index is 2.01. The summed E-state index contributed by atoms with van der Waals surface area (Å²) in [6, 6.07) is 10.6. The van der Waals surface area contributed by atoms with E-state index < -0.39 is 17.6 Å². The van der Waals surface area contributed by atoms with Crippen molar-refractivity contribution in [2.24, 2.45) is 0 Å². The van der Waals surface area contributed by atoms with Crippen molar-refractivity contribution in [1.82, 2.24) is 4.57 Å². The summed E-state index contributed by atoms with van der Waals surface area (Å²) in [5, 5.41) is 0. The minimum Gasteiger partial charge on any atom is -0.335 e. The Kier molecular flexibility index (Phi) is 4.30. The minimum atomic E-state index is -1.87. The Labute approximate surface area is 133 Å². The van der Waals surface area contributed by atoms with E-state index in [1.165, 1.54) is 13.2 Å². The maximum atomic E-state index is 14.3. The second kappa shape index (κ2) is 6.23. The molecule has 3 rings (SSSR count). The maximum absolute atomic E-state index is 14.3. The SMILES string of the molecule is COC1(C(=O)c2c(F)ccn2[C@H](C)c2ccccc2)OCCO1. The van der Waals surface area contributed by atoms with Crippen molar-refractivity contribution in [3.8, 4) is 0 Å². The van der Waals surface area contributed by atoms with Crippen LogP contribution in [0.25, 0.3) is 0 Å². The molecule has 2 heterocycles. The lowest BCUT2D eigenvalue weighted by molar-refractivity contribution is -0.278. The van der Waals surface area contributed by atoms with Gasteiger partial charge in [0.1, 0.15) is 5.69 Å². The summed E-state index contributed by atoms with van der Waals surface area (Å²) in [4.78, 5) is 12.8. The molecule has 0 radical (unpaired) electrons. The molecule has 1 saturated heterocycles. The molecule has 1 aromatic carbocycles. The van der Waals surface area contributed by atoms with Crippen LogP contribution in [0.4, 0.5) is 4.39 Å². The van der Waals surface area contributed by atoms with Gasteiger partial charge in [-0.2, -0.15) is 0 Å². The number of hydrogen-bond donors (Lipinski definition) is 0. The molecule has 1 aliphatic heterocycles. The third kappa shape index (κ3) is 2.69. The fraction of sp³-hybridized carbons (Fsp3) is 0.353. The van der Waals surface area contributed by atoms with E-state index in [4.69, 9.17) is 14.2 Å². The predicted octanol–water partition coefficient (Wildman–Crippen LogP) is 2.77. The van der Waals surface area contributed by atoms with Crippen LogP contribution < -0.4 is 0 Å². The average Bonchev–Trinajstić information content (AvgIpc) is 3.22. The molecule has 1 aromatic heterocycles. The fourth-order valence-corrected chi connectivity index (χ4v) is 2.74. The number of rotatable bonds is 5. The van der Waals surface area contributed by atoms with Gasteiger partial charge in [-0.1, -0.05) is 30.3 Å². The molecule has 1 fully saturated rings. The predicted molar refractivity (Wildman–Crippen MR) is 80.6 cm³/mol. The summed E-state index contributed by atoms with van der Waals surface area (Å²) in [5.41, 5.74) is 0.835. The summed E-state index contributed by atoms with van der Waals surface area (Å²) < 4.78 is 31.6. The van der Waals surface area contributed by atoms with Crippen LogP contribution in [-0.2, 0) is 14.2 Å². The topological polar surface area (TPSA) is 49.7 Å². The second-order valence-electron chi connectivity index (χ2n) is 5.29. The van der Waals surface area contributed by atoms with Gasteiger partial charge in [-0.3, -0.25) is 4.79 Å². The van der Waals surface area contributed by atoms with Gasteiger partial charge in [0.2, 0.25) is 0 Å². The van der Waals surface area contributed by atoms with Gasteiger partial charge in [0.05, 0.1) is 19.3 Å². The summed E-state index contributed by atoms with van der Waals surface area (Å²) in [5.74, 6) is -3.18. The van der Waals surface area contributed by atoms with Crippen molar-refractivity contribution in [3.63, 3.8) is 0 Å². The Morgan fingerprint density at radius 3 is 2.52 bits per heavy atom. The molecule has 0 aliphatic carbocycles. The molecule has 0 saturated carbocycles. The quantitative estimate of drug-likeness (QED) is 0.795. The number of hydrogen-bond acceptors (Lipinski definition) is 4. The van der Waals surface area contributed by atoms with E-state index in [0.717, 1.165) is 5.56 Å². The summed E-state index contributed by atoms with van der Waals surface area (Å²) >= 11 is 0. The number of nitrogens with zero attached hydrogens (tertiary/aromatic N) is 1. The summed E-state index contributed by atoms with van der Waals surface area (Å²) in [6.45, 7) is 2.33. The number of methoxy groups -OCH3 is 1. The molecule has 5 nitrogen and oxygen atoms in total. The standard InChI is InChI=1S/C17H18FNO4/c1-12(13-6-4-3-5-7-13)19-9-8-14(18)15(19)16(20)17(21-2)22-10-11-23-17/h3-9,12H,10-11H2,1-2H3/t12-/m1/s1. The first-order valence-electron chi connectivity index (χ1n) is 7.38. The first-order valence-corrected chi connectivity index (χ1v) is 7.38. The van der Waals surface area contributed by atoms with Crippen LogP contribution in [0.5, 0.6) is 0 Å². The lowest BCUT2D eigenvalue weighted by Gasteiger charge is -2.25. The number of halogens is 1. The lowest BCUT2D eigenvalue weighted by atomic mass is 10.1. The molecule has 0 bridgehead atoms. The Hall–Kier alpha value is -2.02. The van der Waals surface area contributed by atoms with Gasteiger partial charge in [-0.25, -0.2) is 4.39 Å². The van der Waals surface area contributed by atoms with Gasteiger partial charge in [0, 0.05) is 13.3 Å².